The van der Waals surface area contributed by atoms with Gasteiger partial charge in [-0.25, -0.2) is 0 Å². The van der Waals surface area contributed by atoms with Gasteiger partial charge in [-0.2, -0.15) is 0 Å². The molecule has 0 aromatic heterocycles. The molecule has 0 radical (unpaired) electrons. The molecule has 1 aromatic rings. The number of benzene rings is 1. The van der Waals surface area contributed by atoms with Crippen molar-refractivity contribution in [2.45, 2.75) is 6.42 Å². The molecule has 0 aliphatic rings. The van der Waals surface area contributed by atoms with E-state index in [1.54, 1.807) is 18.2 Å². The molecule has 0 saturated carbocycles. The summed E-state index contributed by atoms with van der Waals surface area (Å²) >= 11 is 3.32. The Morgan fingerprint density at radius 1 is 1.44 bits per heavy atom. The Balaban J connectivity index is 2.26. The Labute approximate surface area is 104 Å². The van der Waals surface area contributed by atoms with E-state index in [2.05, 4.69) is 27.8 Å². The molecule has 0 spiro atoms. The first-order valence-corrected chi connectivity index (χ1v) is 5.77. The van der Waals surface area contributed by atoms with Gasteiger partial charge in [-0.15, -0.1) is 6.58 Å². The lowest BCUT2D eigenvalue weighted by Gasteiger charge is -2.06. The molecule has 0 heterocycles. The highest BCUT2D eigenvalue weighted by Gasteiger charge is 2.01. The van der Waals surface area contributed by atoms with Crippen molar-refractivity contribution in [2.75, 3.05) is 13.2 Å². The van der Waals surface area contributed by atoms with E-state index in [1.807, 2.05) is 12.1 Å². The zero-order valence-electron chi connectivity index (χ0n) is 8.91. The Kier molecular flexibility index (Phi) is 5.64. The lowest BCUT2D eigenvalue weighted by atomic mass is 10.3. The Hall–Kier alpha value is -1.29. The first-order valence-electron chi connectivity index (χ1n) is 4.98. The Bertz CT molecular complexity index is 349. The maximum Gasteiger partial charge on any atom is 0.257 e. The molecule has 0 aliphatic heterocycles. The average Bonchev–Trinajstić information content (AvgIpc) is 2.29. The molecule has 1 rings (SSSR count). The summed E-state index contributed by atoms with van der Waals surface area (Å²) < 4.78 is 6.28. The van der Waals surface area contributed by atoms with E-state index in [1.165, 1.54) is 0 Å². The number of carbonyl (C=O) groups is 1. The smallest absolute Gasteiger partial charge is 0.257 e. The highest BCUT2D eigenvalue weighted by molar-refractivity contribution is 9.10. The third kappa shape index (κ3) is 4.98. The predicted molar refractivity (Wildman–Crippen MR) is 67.5 cm³/mol. The van der Waals surface area contributed by atoms with Gasteiger partial charge in [-0.3, -0.25) is 4.79 Å². The van der Waals surface area contributed by atoms with Crippen LogP contribution in [0, 0.1) is 0 Å². The van der Waals surface area contributed by atoms with Crippen molar-refractivity contribution in [1.82, 2.24) is 5.32 Å². The fourth-order valence-electron chi connectivity index (χ4n) is 1.04. The van der Waals surface area contributed by atoms with Gasteiger partial charge in [0.15, 0.2) is 6.61 Å². The molecule has 3 nitrogen and oxygen atoms in total. The van der Waals surface area contributed by atoms with Gasteiger partial charge in [0.05, 0.1) is 0 Å². The van der Waals surface area contributed by atoms with E-state index in [9.17, 15) is 4.79 Å². The highest BCUT2D eigenvalue weighted by Crippen LogP contribution is 2.15. The van der Waals surface area contributed by atoms with Crippen LogP contribution in [-0.4, -0.2) is 19.1 Å². The number of amides is 1. The molecule has 0 saturated heterocycles. The van der Waals surface area contributed by atoms with Crippen molar-refractivity contribution in [2.24, 2.45) is 0 Å². The Morgan fingerprint density at radius 2 is 2.12 bits per heavy atom. The van der Waals surface area contributed by atoms with Crippen molar-refractivity contribution in [1.29, 1.82) is 0 Å². The predicted octanol–water partition coefficient (Wildman–Crippen LogP) is 2.52. The van der Waals surface area contributed by atoms with Crippen molar-refractivity contribution in [3.8, 4) is 5.75 Å². The van der Waals surface area contributed by atoms with Crippen LogP contribution in [0.4, 0.5) is 0 Å². The van der Waals surface area contributed by atoms with Crippen LogP contribution in [0.2, 0.25) is 0 Å². The minimum atomic E-state index is -0.121. The van der Waals surface area contributed by atoms with Crippen LogP contribution in [0.1, 0.15) is 6.42 Å². The van der Waals surface area contributed by atoms with E-state index in [4.69, 9.17) is 4.74 Å². The first-order chi connectivity index (χ1) is 7.72. The van der Waals surface area contributed by atoms with Crippen LogP contribution in [0.25, 0.3) is 0 Å². The van der Waals surface area contributed by atoms with Gasteiger partial charge in [0.2, 0.25) is 0 Å². The number of hydrogen-bond acceptors (Lipinski definition) is 2. The van der Waals surface area contributed by atoms with Gasteiger partial charge < -0.3 is 10.1 Å². The summed E-state index contributed by atoms with van der Waals surface area (Å²) in [6.07, 6.45) is 2.53. The maximum atomic E-state index is 11.3. The third-order valence-electron chi connectivity index (χ3n) is 1.85. The van der Waals surface area contributed by atoms with Crippen LogP contribution in [-0.2, 0) is 4.79 Å². The van der Waals surface area contributed by atoms with Crippen LogP contribution in [0.5, 0.6) is 5.75 Å². The molecular formula is C12H14BrNO2. The van der Waals surface area contributed by atoms with Crippen LogP contribution >= 0.6 is 15.9 Å². The van der Waals surface area contributed by atoms with Crippen molar-refractivity contribution in [3.05, 3.63) is 41.4 Å². The van der Waals surface area contributed by atoms with Crippen LogP contribution < -0.4 is 10.1 Å². The van der Waals surface area contributed by atoms with Crippen molar-refractivity contribution >= 4 is 21.8 Å². The number of carbonyl (C=O) groups excluding carboxylic acids is 1. The second-order valence-electron chi connectivity index (χ2n) is 3.17. The summed E-state index contributed by atoms with van der Waals surface area (Å²) in [6.45, 7) is 4.22. The zero-order chi connectivity index (χ0) is 11.8. The summed E-state index contributed by atoms with van der Waals surface area (Å²) in [4.78, 5) is 11.3. The number of ether oxygens (including phenoxy) is 1. The summed E-state index contributed by atoms with van der Waals surface area (Å²) in [5.74, 6) is 0.562. The van der Waals surface area contributed by atoms with Gasteiger partial charge >= 0.3 is 0 Å². The number of nitrogens with one attached hydrogen (secondary N) is 1. The normalized spacial score (nSPS) is 9.56. The second-order valence-corrected chi connectivity index (χ2v) is 4.09. The van der Waals surface area contributed by atoms with E-state index in [-0.39, 0.29) is 12.5 Å². The fraction of sp³-hybridized carbons (Fsp3) is 0.250. The number of rotatable bonds is 6. The molecule has 4 heteroatoms. The number of hydrogen-bond donors (Lipinski definition) is 1. The summed E-state index contributed by atoms with van der Waals surface area (Å²) in [5, 5.41) is 2.72. The zero-order valence-corrected chi connectivity index (χ0v) is 10.5. The molecule has 0 aliphatic carbocycles. The molecule has 16 heavy (non-hydrogen) atoms. The number of halogens is 1. The molecule has 0 atom stereocenters. The summed E-state index contributed by atoms with van der Waals surface area (Å²) in [7, 11) is 0. The van der Waals surface area contributed by atoms with E-state index in [0.717, 1.165) is 10.9 Å². The summed E-state index contributed by atoms with van der Waals surface area (Å²) in [5.41, 5.74) is 0. The van der Waals surface area contributed by atoms with Crippen LogP contribution in [0.3, 0.4) is 0 Å². The molecule has 0 fully saturated rings. The SMILES string of the molecule is C=CCCNC(=O)COc1ccc(Br)cc1. The third-order valence-corrected chi connectivity index (χ3v) is 2.38. The van der Waals surface area contributed by atoms with Gasteiger partial charge in [-0.05, 0) is 30.7 Å². The molecule has 0 bridgehead atoms. The monoisotopic (exact) mass is 283 g/mol. The van der Waals surface area contributed by atoms with Gasteiger partial charge in [-0.1, -0.05) is 22.0 Å². The van der Waals surface area contributed by atoms with E-state index >= 15 is 0 Å². The first kappa shape index (κ1) is 12.8. The quantitative estimate of drug-likeness (QED) is 0.644. The van der Waals surface area contributed by atoms with Gasteiger partial charge in [0.1, 0.15) is 5.75 Å². The standard InChI is InChI=1S/C12H14BrNO2/c1-2-3-8-14-12(15)9-16-11-6-4-10(13)5-7-11/h2,4-7H,1,3,8-9H2,(H,14,15). The molecule has 0 unspecified atom stereocenters. The molecule has 1 aromatic carbocycles. The largest absolute Gasteiger partial charge is 0.484 e. The van der Waals surface area contributed by atoms with E-state index < -0.39 is 0 Å². The van der Waals surface area contributed by atoms with E-state index in [0.29, 0.717) is 12.3 Å². The minimum absolute atomic E-state index is 0.0405. The minimum Gasteiger partial charge on any atom is -0.484 e. The second kappa shape index (κ2) is 7.06. The lowest BCUT2D eigenvalue weighted by molar-refractivity contribution is -0.123. The van der Waals surface area contributed by atoms with Gasteiger partial charge in [0, 0.05) is 11.0 Å². The van der Waals surface area contributed by atoms with Crippen LogP contribution in [0.15, 0.2) is 41.4 Å². The topological polar surface area (TPSA) is 38.3 Å². The van der Waals surface area contributed by atoms with Crippen molar-refractivity contribution in [3.63, 3.8) is 0 Å². The average molecular weight is 284 g/mol. The summed E-state index contributed by atoms with van der Waals surface area (Å²) in [6, 6.07) is 7.35. The van der Waals surface area contributed by atoms with Crippen molar-refractivity contribution < 1.29 is 9.53 Å². The van der Waals surface area contributed by atoms with Gasteiger partial charge in [0.25, 0.3) is 5.91 Å². The maximum absolute atomic E-state index is 11.3. The lowest BCUT2D eigenvalue weighted by Crippen LogP contribution is -2.29. The molecular weight excluding hydrogens is 270 g/mol. The molecule has 86 valence electrons. The fourth-order valence-corrected chi connectivity index (χ4v) is 1.31. The molecule has 1 N–H and O–H groups in total. The molecule has 1 amide bonds. The Morgan fingerprint density at radius 3 is 2.75 bits per heavy atom. The highest BCUT2D eigenvalue weighted by atomic mass is 79.9.